The number of para-hydroxylation sites is 1. The molecule has 0 aliphatic rings. The Hall–Kier alpha value is -4.33. The molecule has 2 aromatic heterocycles. The highest BCUT2D eigenvalue weighted by Gasteiger charge is 2.25. The first-order chi connectivity index (χ1) is 14.9. The molecule has 0 radical (unpaired) electrons. The number of benzene rings is 2. The van der Waals surface area contributed by atoms with E-state index in [9.17, 15) is 14.7 Å². The van der Waals surface area contributed by atoms with Crippen LogP contribution in [-0.4, -0.2) is 36.5 Å². The summed E-state index contributed by atoms with van der Waals surface area (Å²) in [5.41, 5.74) is 3.04. The van der Waals surface area contributed by atoms with E-state index in [1.54, 1.807) is 36.7 Å². The number of nitrogens with zero attached hydrogens (tertiary/aromatic N) is 4. The third-order valence-electron chi connectivity index (χ3n) is 4.74. The summed E-state index contributed by atoms with van der Waals surface area (Å²) in [5, 5.41) is 16.5. The second-order valence-corrected chi connectivity index (χ2v) is 6.92. The molecule has 0 aliphatic carbocycles. The summed E-state index contributed by atoms with van der Waals surface area (Å²) < 4.78 is 1.64. The van der Waals surface area contributed by atoms with Crippen LogP contribution in [0.3, 0.4) is 0 Å². The molecule has 2 aromatic carbocycles. The molecule has 0 bridgehead atoms. The molecule has 4 rings (SSSR count). The average molecular weight is 413 g/mol. The minimum atomic E-state index is -0.799. The van der Waals surface area contributed by atoms with Gasteiger partial charge in [-0.25, -0.2) is 14.6 Å². The van der Waals surface area contributed by atoms with Gasteiger partial charge in [0.1, 0.15) is 5.75 Å². The number of carbonyl (C=O) groups excluding carboxylic acids is 2. The van der Waals surface area contributed by atoms with Gasteiger partial charge in [-0.3, -0.25) is 9.59 Å². The van der Waals surface area contributed by atoms with Crippen molar-refractivity contribution in [1.29, 1.82) is 0 Å². The van der Waals surface area contributed by atoms with Crippen molar-refractivity contribution in [2.24, 2.45) is 0 Å². The monoisotopic (exact) mass is 413 g/mol. The summed E-state index contributed by atoms with van der Waals surface area (Å²) in [6.45, 7) is 3.45. The van der Waals surface area contributed by atoms with Crippen LogP contribution in [0.15, 0.2) is 67.0 Å². The molecule has 4 aromatic rings. The number of hydrogen-bond acceptors (Lipinski definition) is 6. The van der Waals surface area contributed by atoms with Crippen LogP contribution in [0, 0.1) is 13.8 Å². The van der Waals surface area contributed by atoms with Gasteiger partial charge >= 0.3 is 0 Å². The molecule has 0 saturated carbocycles. The molecule has 2 N–H and O–H groups in total. The summed E-state index contributed by atoms with van der Waals surface area (Å²) in [6.07, 6.45) is 2.81. The Labute approximate surface area is 178 Å². The van der Waals surface area contributed by atoms with Gasteiger partial charge in [-0.05, 0) is 38.1 Å². The van der Waals surface area contributed by atoms with Crippen LogP contribution in [0.2, 0.25) is 0 Å². The molecule has 2 heterocycles. The molecular formula is C23H19N5O3. The van der Waals surface area contributed by atoms with Crippen LogP contribution in [0.1, 0.15) is 21.7 Å². The number of hydrogen-bond donors (Lipinski definition) is 2. The largest absolute Gasteiger partial charge is 0.508 e. The molecule has 8 nitrogen and oxygen atoms in total. The maximum atomic E-state index is 12.8. The first-order valence-electron chi connectivity index (χ1n) is 9.53. The highest BCUT2D eigenvalue weighted by molar-refractivity contribution is 6.47. The number of nitrogens with one attached hydrogen (secondary N) is 1. The van der Waals surface area contributed by atoms with Crippen molar-refractivity contribution in [1.82, 2.24) is 19.7 Å². The zero-order valence-electron chi connectivity index (χ0n) is 16.9. The van der Waals surface area contributed by atoms with E-state index in [0.29, 0.717) is 22.8 Å². The summed E-state index contributed by atoms with van der Waals surface area (Å²) in [4.78, 5) is 33.8. The maximum Gasteiger partial charge on any atom is 0.296 e. The molecule has 0 fully saturated rings. The number of aromatic nitrogens is 4. The molecule has 0 aliphatic heterocycles. The van der Waals surface area contributed by atoms with E-state index in [1.165, 1.54) is 18.5 Å². The van der Waals surface area contributed by atoms with Gasteiger partial charge in [-0.15, -0.1) is 0 Å². The molecule has 8 heteroatoms. The number of carbonyl (C=O) groups is 2. The van der Waals surface area contributed by atoms with Crippen LogP contribution in [0.5, 0.6) is 5.75 Å². The quantitative estimate of drug-likeness (QED) is 0.383. The number of phenols is 1. The van der Waals surface area contributed by atoms with Gasteiger partial charge in [-0.1, -0.05) is 30.3 Å². The first-order valence-corrected chi connectivity index (χ1v) is 9.53. The highest BCUT2D eigenvalue weighted by Crippen LogP contribution is 2.21. The number of Topliss-reactive ketones (excluding diaryl/α,β-unsaturated/α-hetero) is 1. The lowest BCUT2D eigenvalue weighted by atomic mass is 10.1. The minimum Gasteiger partial charge on any atom is -0.508 e. The number of phenolic OH excluding ortho intramolecular Hbond substituents is 1. The van der Waals surface area contributed by atoms with Gasteiger partial charge in [0.2, 0.25) is 0 Å². The Bertz CT molecular complexity index is 1260. The second kappa shape index (κ2) is 8.19. The van der Waals surface area contributed by atoms with Gasteiger partial charge in [0.05, 0.1) is 40.7 Å². The smallest absolute Gasteiger partial charge is 0.296 e. The summed E-state index contributed by atoms with van der Waals surface area (Å²) in [5.74, 6) is -0.997. The van der Waals surface area contributed by atoms with E-state index < -0.39 is 11.7 Å². The van der Waals surface area contributed by atoms with Gasteiger partial charge in [-0.2, -0.15) is 5.10 Å². The summed E-state index contributed by atoms with van der Waals surface area (Å²) in [7, 11) is 0. The third kappa shape index (κ3) is 4.04. The van der Waals surface area contributed by atoms with Crippen molar-refractivity contribution in [3.8, 4) is 22.8 Å². The Balaban J connectivity index is 1.53. The van der Waals surface area contributed by atoms with Crippen molar-refractivity contribution in [2.75, 3.05) is 5.32 Å². The van der Waals surface area contributed by atoms with Gasteiger partial charge in [0.25, 0.3) is 11.7 Å². The number of rotatable bonds is 5. The minimum absolute atomic E-state index is 0.103. The van der Waals surface area contributed by atoms with Gasteiger partial charge < -0.3 is 10.4 Å². The fraction of sp³-hybridized carbons (Fsp3) is 0.0870. The van der Waals surface area contributed by atoms with Crippen molar-refractivity contribution >= 4 is 17.4 Å². The van der Waals surface area contributed by atoms with Crippen LogP contribution < -0.4 is 5.32 Å². The fourth-order valence-electron chi connectivity index (χ4n) is 3.28. The number of ketones is 1. The maximum absolute atomic E-state index is 12.8. The second-order valence-electron chi connectivity index (χ2n) is 6.92. The van der Waals surface area contributed by atoms with E-state index >= 15 is 0 Å². The zero-order valence-corrected chi connectivity index (χ0v) is 16.9. The lowest BCUT2D eigenvalue weighted by Gasteiger charge is -2.06. The average Bonchev–Trinajstić information content (AvgIpc) is 3.08. The van der Waals surface area contributed by atoms with Gasteiger partial charge in [0, 0.05) is 5.56 Å². The van der Waals surface area contributed by atoms with Crippen molar-refractivity contribution in [3.05, 3.63) is 83.9 Å². The molecule has 0 spiro atoms. The lowest BCUT2D eigenvalue weighted by Crippen LogP contribution is -2.24. The zero-order chi connectivity index (χ0) is 22.0. The van der Waals surface area contributed by atoms with Crippen LogP contribution in [-0.2, 0) is 4.79 Å². The van der Waals surface area contributed by atoms with Gasteiger partial charge in [0.15, 0.2) is 5.82 Å². The topological polar surface area (TPSA) is 110 Å². The molecule has 31 heavy (non-hydrogen) atoms. The van der Waals surface area contributed by atoms with Crippen LogP contribution >= 0.6 is 0 Å². The SMILES string of the molecule is Cc1nn(-c2ccccc2)c(C)c1C(=O)C(=O)Nc1cnc(-c2cccc(O)c2)nc1. The number of anilines is 1. The summed E-state index contributed by atoms with van der Waals surface area (Å²) in [6, 6.07) is 15.9. The number of aromatic hydroxyl groups is 1. The standard InChI is InChI=1S/C23H19N5O3/c1-14-20(15(2)28(27-14)18-8-4-3-5-9-18)21(30)23(31)26-17-12-24-22(25-13-17)16-7-6-10-19(29)11-16/h3-13,29H,1-2H3,(H,26,31). The number of aryl methyl sites for hydroxylation is 1. The predicted octanol–water partition coefficient (Wildman–Crippen LogP) is 3.47. The Morgan fingerprint density at radius 3 is 2.35 bits per heavy atom. The molecule has 0 saturated heterocycles. The fourth-order valence-corrected chi connectivity index (χ4v) is 3.28. The molecule has 1 amide bonds. The Morgan fingerprint density at radius 1 is 0.968 bits per heavy atom. The van der Waals surface area contributed by atoms with Crippen molar-refractivity contribution in [2.45, 2.75) is 13.8 Å². The Kier molecular flexibility index (Phi) is 5.28. The van der Waals surface area contributed by atoms with E-state index in [4.69, 9.17) is 0 Å². The molecule has 154 valence electrons. The molecule has 0 unspecified atom stereocenters. The summed E-state index contributed by atoms with van der Waals surface area (Å²) >= 11 is 0. The Morgan fingerprint density at radius 2 is 1.68 bits per heavy atom. The molecular weight excluding hydrogens is 394 g/mol. The van der Waals surface area contributed by atoms with E-state index in [1.807, 2.05) is 30.3 Å². The lowest BCUT2D eigenvalue weighted by molar-refractivity contribution is -0.112. The van der Waals surface area contributed by atoms with Crippen LogP contribution in [0.4, 0.5) is 5.69 Å². The van der Waals surface area contributed by atoms with Crippen molar-refractivity contribution in [3.63, 3.8) is 0 Å². The van der Waals surface area contributed by atoms with E-state index in [2.05, 4.69) is 20.4 Å². The third-order valence-corrected chi connectivity index (χ3v) is 4.74. The predicted molar refractivity (Wildman–Crippen MR) is 115 cm³/mol. The van der Waals surface area contributed by atoms with E-state index in [0.717, 1.165) is 5.69 Å². The van der Waals surface area contributed by atoms with E-state index in [-0.39, 0.29) is 17.0 Å². The number of amides is 1. The first kappa shape index (κ1) is 20.0. The normalized spacial score (nSPS) is 10.6. The van der Waals surface area contributed by atoms with Crippen LogP contribution in [0.25, 0.3) is 17.1 Å². The van der Waals surface area contributed by atoms with Crippen molar-refractivity contribution < 1.29 is 14.7 Å². The highest BCUT2D eigenvalue weighted by atomic mass is 16.3. The molecule has 0 atom stereocenters.